The summed E-state index contributed by atoms with van der Waals surface area (Å²) in [5.74, 6) is 1.79. The minimum absolute atomic E-state index is 0.250. The van der Waals surface area contributed by atoms with Gasteiger partial charge in [-0.25, -0.2) is 4.79 Å². The molecule has 1 N–H and O–H groups in total. The third-order valence-corrected chi connectivity index (χ3v) is 5.90. The molecule has 5 nitrogen and oxygen atoms in total. The molecule has 1 aromatic carbocycles. The Morgan fingerprint density at radius 1 is 1.33 bits per heavy atom. The molecule has 2 aromatic rings. The lowest BCUT2D eigenvalue weighted by Gasteiger charge is -2.14. The first kappa shape index (κ1) is 14.3. The van der Waals surface area contributed by atoms with Crippen molar-refractivity contribution in [3.63, 3.8) is 0 Å². The smallest absolute Gasteiger partial charge is 0.379 e. The van der Waals surface area contributed by atoms with Crippen molar-refractivity contribution < 1.29 is 13.9 Å². The van der Waals surface area contributed by atoms with Crippen LogP contribution in [-0.2, 0) is 0 Å². The lowest BCUT2D eigenvalue weighted by molar-refractivity contribution is 0.201. The Morgan fingerprint density at radius 2 is 2.25 bits per heavy atom. The molecule has 24 heavy (non-hydrogen) atoms. The first-order valence-corrected chi connectivity index (χ1v) is 8.83. The molecule has 0 radical (unpaired) electrons. The number of ether oxygens (including phenoxy) is 2. The molecule has 1 spiro atoms. The van der Waals surface area contributed by atoms with Crippen molar-refractivity contribution in [1.82, 2.24) is 5.32 Å². The molecule has 2 saturated carbocycles. The van der Waals surface area contributed by atoms with Crippen molar-refractivity contribution in [2.45, 2.75) is 50.3 Å². The summed E-state index contributed by atoms with van der Waals surface area (Å²) in [6.07, 6.45) is 5.10. The molecular formula is C19H21NO4. The van der Waals surface area contributed by atoms with E-state index in [1.54, 1.807) is 6.07 Å². The molecule has 2 aliphatic carbocycles. The van der Waals surface area contributed by atoms with Crippen LogP contribution < -0.4 is 20.4 Å². The summed E-state index contributed by atoms with van der Waals surface area (Å²) in [4.78, 5) is 11.9. The molecule has 4 atom stereocenters. The fourth-order valence-corrected chi connectivity index (χ4v) is 4.80. The van der Waals surface area contributed by atoms with E-state index in [4.69, 9.17) is 13.9 Å². The summed E-state index contributed by atoms with van der Waals surface area (Å²) in [6, 6.07) is 8.13. The van der Waals surface area contributed by atoms with Crippen molar-refractivity contribution in [2.24, 2.45) is 5.92 Å². The highest BCUT2D eigenvalue weighted by Gasteiger charge is 2.66. The number of hydrogen-bond acceptors (Lipinski definition) is 5. The van der Waals surface area contributed by atoms with Gasteiger partial charge in [0.05, 0.1) is 6.61 Å². The van der Waals surface area contributed by atoms with Crippen LogP contribution in [0.1, 0.15) is 32.6 Å². The molecule has 2 unspecified atom stereocenters. The predicted octanol–water partition coefficient (Wildman–Crippen LogP) is 2.85. The Balaban J connectivity index is 1.38. The van der Waals surface area contributed by atoms with E-state index in [0.717, 1.165) is 35.9 Å². The van der Waals surface area contributed by atoms with Crippen molar-refractivity contribution in [3.8, 4) is 11.5 Å². The average Bonchev–Trinajstić information content (AvgIpc) is 2.97. The number of hydrogen-bond donors (Lipinski definition) is 1. The second kappa shape index (κ2) is 4.99. The molecule has 5 rings (SSSR count). The van der Waals surface area contributed by atoms with Crippen LogP contribution in [0.5, 0.6) is 11.5 Å². The van der Waals surface area contributed by atoms with Gasteiger partial charge in [0.15, 0.2) is 0 Å². The van der Waals surface area contributed by atoms with Crippen molar-refractivity contribution >= 4 is 11.0 Å². The van der Waals surface area contributed by atoms with Gasteiger partial charge in [0, 0.05) is 29.5 Å². The van der Waals surface area contributed by atoms with Crippen LogP contribution in [-0.4, -0.2) is 24.3 Å². The molecular weight excluding hydrogens is 306 g/mol. The van der Waals surface area contributed by atoms with Crippen molar-refractivity contribution in [3.05, 3.63) is 34.7 Å². The van der Waals surface area contributed by atoms with Crippen LogP contribution in [0, 0.1) is 5.92 Å². The van der Waals surface area contributed by atoms with E-state index in [1.165, 1.54) is 12.8 Å². The van der Waals surface area contributed by atoms with Gasteiger partial charge in [0.25, 0.3) is 0 Å². The van der Waals surface area contributed by atoms with Crippen molar-refractivity contribution in [2.75, 3.05) is 6.61 Å². The molecule has 3 fully saturated rings. The molecule has 1 aromatic heterocycles. The van der Waals surface area contributed by atoms with Crippen LogP contribution in [0.25, 0.3) is 11.0 Å². The quantitative estimate of drug-likeness (QED) is 0.691. The van der Waals surface area contributed by atoms with Crippen LogP contribution in [0.3, 0.4) is 0 Å². The maximum atomic E-state index is 11.9. The lowest BCUT2D eigenvalue weighted by atomic mass is 9.99. The summed E-state index contributed by atoms with van der Waals surface area (Å²) < 4.78 is 16.9. The first-order valence-electron chi connectivity index (χ1n) is 8.83. The Labute approximate surface area is 139 Å². The number of benzene rings is 1. The van der Waals surface area contributed by atoms with Gasteiger partial charge in [0.1, 0.15) is 17.4 Å². The fraction of sp³-hybridized carbons (Fsp3) is 0.526. The summed E-state index contributed by atoms with van der Waals surface area (Å²) in [7, 11) is 0. The monoisotopic (exact) mass is 327 g/mol. The van der Waals surface area contributed by atoms with Gasteiger partial charge in [-0.2, -0.15) is 0 Å². The van der Waals surface area contributed by atoms with Crippen molar-refractivity contribution in [1.29, 1.82) is 0 Å². The van der Waals surface area contributed by atoms with E-state index in [1.807, 2.05) is 25.1 Å². The van der Waals surface area contributed by atoms with Gasteiger partial charge >= 0.3 is 5.63 Å². The van der Waals surface area contributed by atoms with Crippen LogP contribution in [0.4, 0.5) is 0 Å². The zero-order valence-corrected chi connectivity index (χ0v) is 13.7. The highest BCUT2D eigenvalue weighted by molar-refractivity contribution is 5.79. The molecule has 0 bridgehead atoms. The Hall–Kier alpha value is -2.01. The largest absolute Gasteiger partial charge is 0.490 e. The van der Waals surface area contributed by atoms with E-state index in [2.05, 4.69) is 5.32 Å². The second-order valence-electron chi connectivity index (χ2n) is 7.22. The Morgan fingerprint density at radius 3 is 3.04 bits per heavy atom. The second-order valence-corrected chi connectivity index (χ2v) is 7.22. The minimum Gasteiger partial charge on any atom is -0.490 e. The Bertz CT molecular complexity index is 860. The van der Waals surface area contributed by atoms with Crippen LogP contribution in [0.2, 0.25) is 0 Å². The van der Waals surface area contributed by atoms with Gasteiger partial charge < -0.3 is 19.2 Å². The van der Waals surface area contributed by atoms with Gasteiger partial charge in [0.2, 0.25) is 5.75 Å². The fourth-order valence-electron chi connectivity index (χ4n) is 4.80. The van der Waals surface area contributed by atoms with E-state index in [-0.39, 0.29) is 11.9 Å². The standard InChI is InChI=1S/C19H21NO4/c1-2-22-16-7-11-3-5-13(9-15(11)24-18(16)21)23-14-8-12-4-6-17-19(12,10-14)20-17/h3,5,7,9,12,14,17,20H,2,4,6,8,10H2,1H3/t12?,14-,17?,19-/m0/s1. The maximum Gasteiger partial charge on any atom is 0.379 e. The molecule has 2 heterocycles. The SMILES string of the molecule is CCOc1cc2ccc(O[C@H]3CC4CCC5N[C@@]45C3)cc2oc1=O. The number of rotatable bonds is 4. The minimum atomic E-state index is -0.444. The third kappa shape index (κ3) is 2.07. The van der Waals surface area contributed by atoms with E-state index in [0.29, 0.717) is 17.7 Å². The average molecular weight is 327 g/mol. The highest BCUT2D eigenvalue weighted by Crippen LogP contribution is 2.56. The van der Waals surface area contributed by atoms with Gasteiger partial charge in [-0.05, 0) is 50.3 Å². The topological polar surface area (TPSA) is 70.6 Å². The lowest BCUT2D eigenvalue weighted by Crippen LogP contribution is -2.19. The van der Waals surface area contributed by atoms with Crippen LogP contribution in [0.15, 0.2) is 33.5 Å². The predicted molar refractivity (Wildman–Crippen MR) is 89.7 cm³/mol. The first-order chi connectivity index (χ1) is 11.7. The van der Waals surface area contributed by atoms with E-state index >= 15 is 0 Å². The Kier molecular flexibility index (Phi) is 2.98. The summed E-state index contributed by atoms with van der Waals surface area (Å²) in [5.41, 5.74) is 0.473. The molecule has 1 saturated heterocycles. The number of nitrogens with one attached hydrogen (secondary N) is 1. The summed E-state index contributed by atoms with van der Waals surface area (Å²) >= 11 is 0. The zero-order chi connectivity index (χ0) is 16.3. The van der Waals surface area contributed by atoms with Gasteiger partial charge in [-0.1, -0.05) is 0 Å². The highest BCUT2D eigenvalue weighted by atomic mass is 16.5. The molecule has 5 heteroatoms. The number of piperidine rings is 1. The zero-order valence-electron chi connectivity index (χ0n) is 13.7. The summed E-state index contributed by atoms with van der Waals surface area (Å²) in [6.45, 7) is 2.29. The molecule has 0 amide bonds. The summed E-state index contributed by atoms with van der Waals surface area (Å²) in [5, 5.41) is 4.50. The van der Waals surface area contributed by atoms with E-state index < -0.39 is 5.63 Å². The molecule has 3 aliphatic rings. The van der Waals surface area contributed by atoms with E-state index in [9.17, 15) is 4.79 Å². The maximum absolute atomic E-state index is 11.9. The molecule has 126 valence electrons. The third-order valence-electron chi connectivity index (χ3n) is 5.90. The van der Waals surface area contributed by atoms with Crippen LogP contribution >= 0.6 is 0 Å². The normalized spacial score (nSPS) is 33.3. The number of fused-ring (bicyclic) bond motifs is 1. The van der Waals surface area contributed by atoms with Gasteiger partial charge in [-0.3, -0.25) is 0 Å². The molecule has 1 aliphatic heterocycles. The van der Waals surface area contributed by atoms with Gasteiger partial charge in [-0.15, -0.1) is 0 Å².